The molecule has 1 nitrogen and oxygen atoms in total. The van der Waals surface area contributed by atoms with E-state index in [9.17, 15) is 52.7 Å². The SMILES string of the molecule is CCCc1ccc(C[n+]2ccccc2)cc1.Fc1c(F)c(F)c([B-](c2c(F)c(F)c(F)c(F)c2F)(c2c(F)c(F)c(F)c(F)c2F)c2c(F)c(F)c(F)c(F)c2F)c(F)c1F. The van der Waals surface area contributed by atoms with E-state index in [-0.39, 0.29) is 0 Å². The predicted octanol–water partition coefficient (Wildman–Crippen LogP) is 8.82. The monoisotopic (exact) mass is 891 g/mol. The van der Waals surface area contributed by atoms with Crippen molar-refractivity contribution in [2.24, 2.45) is 0 Å². The summed E-state index contributed by atoms with van der Waals surface area (Å²) in [5, 5.41) is 0. The van der Waals surface area contributed by atoms with E-state index in [2.05, 4.69) is 60.3 Å². The quantitative estimate of drug-likeness (QED) is 0.0474. The van der Waals surface area contributed by atoms with E-state index in [0.717, 1.165) is 6.54 Å². The number of benzene rings is 5. The lowest BCUT2D eigenvalue weighted by atomic mass is 9.12. The van der Waals surface area contributed by atoms with Crippen molar-refractivity contribution in [2.75, 3.05) is 0 Å². The second kappa shape index (κ2) is 17.5. The zero-order chi connectivity index (χ0) is 45.6. The molecule has 0 amide bonds. The van der Waals surface area contributed by atoms with Crippen LogP contribution in [0.2, 0.25) is 0 Å². The molecule has 6 aromatic rings. The molecule has 0 aliphatic carbocycles. The number of aromatic nitrogens is 1. The van der Waals surface area contributed by atoms with Gasteiger partial charge in [0, 0.05) is 17.7 Å². The van der Waals surface area contributed by atoms with Gasteiger partial charge in [-0.3, -0.25) is 0 Å². The number of pyridine rings is 1. The molecule has 0 fully saturated rings. The zero-order valence-electron chi connectivity index (χ0n) is 29.9. The summed E-state index contributed by atoms with van der Waals surface area (Å²) in [5.74, 6) is -71.4. The summed E-state index contributed by atoms with van der Waals surface area (Å²) in [6.07, 6.45) is -0.628. The van der Waals surface area contributed by atoms with Gasteiger partial charge in [-0.2, -0.15) is 0 Å². The maximum absolute atomic E-state index is 15.4. The fraction of sp³-hybridized carbons (Fsp3) is 0.103. The lowest BCUT2D eigenvalue weighted by Crippen LogP contribution is -2.81. The Balaban J connectivity index is 0.000000366. The molecular formula is C39H18BF20N. The molecule has 0 bridgehead atoms. The van der Waals surface area contributed by atoms with E-state index in [1.165, 1.54) is 24.0 Å². The first kappa shape index (κ1) is 46.0. The van der Waals surface area contributed by atoms with E-state index >= 15 is 35.1 Å². The topological polar surface area (TPSA) is 3.88 Å². The number of nitrogens with zero attached hydrogens (tertiary/aromatic N) is 1. The van der Waals surface area contributed by atoms with E-state index in [1.807, 2.05) is 6.07 Å². The van der Waals surface area contributed by atoms with Crippen molar-refractivity contribution < 1.29 is 92.4 Å². The summed E-state index contributed by atoms with van der Waals surface area (Å²) < 4.78 is 296. The van der Waals surface area contributed by atoms with Gasteiger partial charge < -0.3 is 0 Å². The van der Waals surface area contributed by atoms with Crippen LogP contribution in [-0.2, 0) is 13.0 Å². The van der Waals surface area contributed by atoms with Gasteiger partial charge in [0.1, 0.15) is 52.7 Å². The highest BCUT2D eigenvalue weighted by atomic mass is 19.2. The molecule has 0 N–H and O–H groups in total. The average Bonchev–Trinajstić information content (AvgIpc) is 3.25. The van der Waals surface area contributed by atoms with Crippen LogP contribution in [-0.4, -0.2) is 6.15 Å². The Morgan fingerprint density at radius 2 is 0.557 bits per heavy atom. The van der Waals surface area contributed by atoms with Crippen molar-refractivity contribution in [2.45, 2.75) is 26.3 Å². The first-order valence-corrected chi connectivity index (χ1v) is 16.8. The molecule has 0 atom stereocenters. The summed E-state index contributed by atoms with van der Waals surface area (Å²) in [6.45, 7) is 3.17. The Bertz CT molecular complexity index is 2290. The van der Waals surface area contributed by atoms with Crippen LogP contribution < -0.4 is 26.4 Å². The maximum Gasteiger partial charge on any atom is 0.200 e. The molecule has 0 aliphatic rings. The van der Waals surface area contributed by atoms with Crippen LogP contribution in [0.3, 0.4) is 0 Å². The highest BCUT2D eigenvalue weighted by molar-refractivity contribution is 7.20. The molecule has 6 rings (SSSR count). The summed E-state index contributed by atoms with van der Waals surface area (Å²) in [6, 6.07) is 15.1. The first-order valence-electron chi connectivity index (χ1n) is 16.8. The highest BCUT2D eigenvalue weighted by Crippen LogP contribution is 2.30. The van der Waals surface area contributed by atoms with Crippen molar-refractivity contribution in [3.05, 3.63) is 182 Å². The molecule has 5 aromatic carbocycles. The lowest BCUT2D eigenvalue weighted by Gasteiger charge is -2.44. The Labute approximate surface area is 329 Å². The van der Waals surface area contributed by atoms with Crippen molar-refractivity contribution in [3.8, 4) is 0 Å². The minimum absolute atomic E-state index is 0.952. The largest absolute Gasteiger partial charge is 0.207 e. The standard InChI is InChI=1S/C24BF20.C15H18N/c26-5-1(6(27)14(35)21(42)13(5)34)25(2-7(28)15(36)22(43)16(37)8(2)29,3-9(30)17(38)23(44)18(39)10(3)31)4-11(32)19(40)24(45)20(41)12(4)33;1-2-6-14-7-9-15(10-8-14)13-16-11-4-3-5-12-16/h;3-5,7-12H,2,6,13H2,1H3/q-1;+1. The Morgan fingerprint density at radius 3 is 0.803 bits per heavy atom. The van der Waals surface area contributed by atoms with Gasteiger partial charge >= 0.3 is 0 Å². The molecule has 322 valence electrons. The molecule has 0 saturated carbocycles. The van der Waals surface area contributed by atoms with Crippen LogP contribution in [0.25, 0.3) is 0 Å². The molecule has 0 radical (unpaired) electrons. The molecule has 22 heteroatoms. The maximum atomic E-state index is 15.4. The van der Waals surface area contributed by atoms with Crippen LogP contribution in [0.1, 0.15) is 24.5 Å². The van der Waals surface area contributed by atoms with Gasteiger partial charge in [0.05, 0.1) is 0 Å². The second-order valence-electron chi connectivity index (χ2n) is 12.9. The van der Waals surface area contributed by atoms with Gasteiger partial charge in [-0.25, -0.2) is 92.4 Å². The number of rotatable bonds is 8. The number of hydrogen-bond acceptors (Lipinski definition) is 0. The van der Waals surface area contributed by atoms with Gasteiger partial charge in [-0.05, 0) is 12.0 Å². The third-order valence-corrected chi connectivity index (χ3v) is 9.41. The van der Waals surface area contributed by atoms with Gasteiger partial charge in [0.15, 0.2) is 88.7 Å². The molecule has 0 unspecified atom stereocenters. The summed E-state index contributed by atoms with van der Waals surface area (Å²) >= 11 is 0. The Kier molecular flexibility index (Phi) is 13.2. The Morgan fingerprint density at radius 1 is 0.328 bits per heavy atom. The predicted molar refractivity (Wildman–Crippen MR) is 175 cm³/mol. The van der Waals surface area contributed by atoms with E-state index in [1.54, 1.807) is 0 Å². The van der Waals surface area contributed by atoms with Crippen LogP contribution in [0.5, 0.6) is 0 Å². The molecule has 0 saturated heterocycles. The average molecular weight is 891 g/mol. The normalized spacial score (nSPS) is 11.6. The van der Waals surface area contributed by atoms with Crippen molar-refractivity contribution in [1.29, 1.82) is 0 Å². The van der Waals surface area contributed by atoms with Crippen molar-refractivity contribution in [1.82, 2.24) is 0 Å². The fourth-order valence-electron chi connectivity index (χ4n) is 6.72. The number of aryl methyl sites for hydroxylation is 1. The minimum Gasteiger partial charge on any atom is -0.207 e. The Hall–Kier alpha value is -6.09. The summed E-state index contributed by atoms with van der Waals surface area (Å²) in [7, 11) is 0. The minimum atomic E-state index is -7.22. The first-order chi connectivity index (χ1) is 28.6. The van der Waals surface area contributed by atoms with Crippen molar-refractivity contribution >= 4 is 28.0 Å². The third-order valence-electron chi connectivity index (χ3n) is 9.41. The van der Waals surface area contributed by atoms with E-state index in [0.29, 0.717) is 0 Å². The van der Waals surface area contributed by atoms with E-state index in [4.69, 9.17) is 0 Å². The van der Waals surface area contributed by atoms with Crippen LogP contribution in [0.4, 0.5) is 87.8 Å². The molecule has 61 heavy (non-hydrogen) atoms. The smallest absolute Gasteiger partial charge is 0.200 e. The van der Waals surface area contributed by atoms with Crippen LogP contribution >= 0.6 is 0 Å². The number of halogens is 20. The summed E-state index contributed by atoms with van der Waals surface area (Å²) in [5.41, 5.74) is -11.5. The van der Waals surface area contributed by atoms with Gasteiger partial charge in [-0.1, -0.05) is 43.7 Å². The zero-order valence-corrected chi connectivity index (χ0v) is 29.9. The fourth-order valence-corrected chi connectivity index (χ4v) is 6.72. The molecule has 1 heterocycles. The van der Waals surface area contributed by atoms with E-state index < -0.39 is 144 Å². The van der Waals surface area contributed by atoms with Gasteiger partial charge in [0.25, 0.3) is 0 Å². The molecule has 0 spiro atoms. The highest BCUT2D eigenvalue weighted by Gasteiger charge is 2.52. The number of hydrogen-bond donors (Lipinski definition) is 0. The van der Waals surface area contributed by atoms with Gasteiger partial charge in [-0.15, -0.1) is 21.9 Å². The van der Waals surface area contributed by atoms with Crippen LogP contribution in [0, 0.1) is 116 Å². The van der Waals surface area contributed by atoms with Gasteiger partial charge in [0.2, 0.25) is 0 Å². The lowest BCUT2D eigenvalue weighted by molar-refractivity contribution is -0.688. The van der Waals surface area contributed by atoms with Crippen molar-refractivity contribution in [3.63, 3.8) is 0 Å². The molecular weight excluding hydrogens is 873 g/mol. The third kappa shape index (κ3) is 7.53. The second-order valence-corrected chi connectivity index (χ2v) is 12.9. The molecule has 0 aliphatic heterocycles. The van der Waals surface area contributed by atoms with Crippen LogP contribution in [0.15, 0.2) is 54.9 Å². The summed E-state index contributed by atoms with van der Waals surface area (Å²) in [4.78, 5) is 0. The molecule has 1 aromatic heterocycles.